The summed E-state index contributed by atoms with van der Waals surface area (Å²) in [5, 5.41) is 12.9. The van der Waals surface area contributed by atoms with Gasteiger partial charge < -0.3 is 5.11 Å². The second-order valence-electron chi connectivity index (χ2n) is 8.42. The van der Waals surface area contributed by atoms with Crippen molar-refractivity contribution in [3.8, 4) is 0 Å². The van der Waals surface area contributed by atoms with Crippen LogP contribution in [0.25, 0.3) is 6.08 Å². The molecule has 1 aromatic rings. The molecule has 0 bridgehead atoms. The highest BCUT2D eigenvalue weighted by Crippen LogP contribution is 2.39. The molecule has 2 heterocycles. The van der Waals surface area contributed by atoms with E-state index in [0.717, 1.165) is 62.5 Å². The summed E-state index contributed by atoms with van der Waals surface area (Å²) >= 11 is 3.69. The molecule has 0 atom stereocenters. The molecule has 0 amide bonds. The topological polar surface area (TPSA) is 40.1 Å². The number of rotatable bonds is 10. The third-order valence-electron chi connectivity index (χ3n) is 5.42. The van der Waals surface area contributed by atoms with E-state index in [-0.39, 0.29) is 11.5 Å². The number of hydrogen-bond acceptors (Lipinski definition) is 3. The molecule has 1 aromatic heterocycles. The van der Waals surface area contributed by atoms with Crippen LogP contribution >= 0.6 is 23.1 Å². The number of carbonyl (C=O) groups is 1. The lowest BCUT2D eigenvalue weighted by Crippen LogP contribution is -2.29. The molecule has 3 rings (SSSR count). The fraction of sp³-hybridized carbons (Fsp3) is 0.429. The maximum atomic E-state index is 12.9. The smallest absolute Gasteiger partial charge is 0.218 e. The van der Waals surface area contributed by atoms with Crippen molar-refractivity contribution in [2.45, 2.75) is 79.1 Å². The van der Waals surface area contributed by atoms with Crippen LogP contribution in [0, 0.1) is 0 Å². The number of ketones is 1. The third kappa shape index (κ3) is 6.11. The fourth-order valence-electron chi connectivity index (χ4n) is 3.96. The lowest BCUT2D eigenvalue weighted by Gasteiger charge is -2.29. The lowest BCUT2D eigenvalue weighted by molar-refractivity contribution is -0.300. The highest BCUT2D eigenvalue weighted by molar-refractivity contribution is 8.06. The van der Waals surface area contributed by atoms with Crippen LogP contribution in [-0.2, 0) is 17.6 Å². The molecule has 32 heavy (non-hydrogen) atoms. The molecule has 2 nitrogen and oxygen atoms in total. The van der Waals surface area contributed by atoms with Crippen LogP contribution in [0.2, 0.25) is 0 Å². The SMILES string of the molecule is CCCC1=CC(=CC2=C([O-])C(=Cc3cc(CCC)[s+]c(CCC)c3)C2=O)C=C(CCC)S1. The van der Waals surface area contributed by atoms with Gasteiger partial charge in [0, 0.05) is 36.1 Å². The zero-order chi connectivity index (χ0) is 23.1. The number of carbonyl (C=O) groups excluding carboxylic acids is 1. The van der Waals surface area contributed by atoms with E-state index in [9.17, 15) is 9.90 Å². The van der Waals surface area contributed by atoms with E-state index >= 15 is 0 Å². The molecular weight excluding hydrogens is 432 g/mol. The molecule has 0 saturated carbocycles. The molecule has 1 aliphatic carbocycles. The highest BCUT2D eigenvalue weighted by Gasteiger charge is 2.26. The van der Waals surface area contributed by atoms with Gasteiger partial charge in [0.05, 0.1) is 0 Å². The Morgan fingerprint density at radius 1 is 0.844 bits per heavy atom. The van der Waals surface area contributed by atoms with Gasteiger partial charge >= 0.3 is 0 Å². The molecule has 0 fully saturated rings. The van der Waals surface area contributed by atoms with E-state index in [1.165, 1.54) is 19.6 Å². The minimum atomic E-state index is -0.127. The Balaban J connectivity index is 1.91. The van der Waals surface area contributed by atoms with Crippen molar-refractivity contribution in [3.05, 3.63) is 78.0 Å². The van der Waals surface area contributed by atoms with Gasteiger partial charge in [-0.25, -0.2) is 0 Å². The van der Waals surface area contributed by atoms with E-state index in [1.807, 2.05) is 23.1 Å². The summed E-state index contributed by atoms with van der Waals surface area (Å²) in [6, 6.07) is 4.27. The molecule has 0 aromatic carbocycles. The predicted molar refractivity (Wildman–Crippen MR) is 138 cm³/mol. The minimum Gasteiger partial charge on any atom is -0.871 e. The van der Waals surface area contributed by atoms with Gasteiger partial charge in [0.1, 0.15) is 0 Å². The maximum Gasteiger partial charge on any atom is 0.218 e. The van der Waals surface area contributed by atoms with Crippen LogP contribution in [0.1, 0.15) is 81.5 Å². The Kier molecular flexibility index (Phi) is 9.12. The molecule has 170 valence electrons. The van der Waals surface area contributed by atoms with E-state index in [4.69, 9.17) is 0 Å². The van der Waals surface area contributed by atoms with Crippen LogP contribution in [0.5, 0.6) is 0 Å². The molecule has 0 spiro atoms. The molecular formula is C28H34O2S2. The zero-order valence-corrected chi connectivity index (χ0v) is 21.4. The van der Waals surface area contributed by atoms with Gasteiger partial charge in [0.25, 0.3) is 0 Å². The number of aryl methyl sites for hydroxylation is 2. The van der Waals surface area contributed by atoms with Crippen LogP contribution < -0.4 is 5.11 Å². The second kappa shape index (κ2) is 11.8. The average molecular weight is 467 g/mol. The maximum absolute atomic E-state index is 12.9. The summed E-state index contributed by atoms with van der Waals surface area (Å²) in [6.45, 7) is 8.70. The Labute approximate surface area is 201 Å². The van der Waals surface area contributed by atoms with E-state index in [1.54, 1.807) is 12.2 Å². The minimum absolute atomic E-state index is 0.127. The second-order valence-corrected chi connectivity index (χ2v) is 10.9. The first kappa shape index (κ1) is 24.7. The molecule has 1 aliphatic heterocycles. The monoisotopic (exact) mass is 466 g/mol. The number of hydrogen-bond donors (Lipinski definition) is 0. The van der Waals surface area contributed by atoms with Gasteiger partial charge in [0.2, 0.25) is 21.1 Å². The summed E-state index contributed by atoms with van der Waals surface area (Å²) in [5.41, 5.74) is 2.59. The van der Waals surface area contributed by atoms with Crippen molar-refractivity contribution in [1.82, 2.24) is 0 Å². The van der Waals surface area contributed by atoms with Crippen LogP contribution in [0.15, 0.2) is 62.6 Å². The number of allylic oxidation sites excluding steroid dienone is 8. The largest absolute Gasteiger partial charge is 0.871 e. The van der Waals surface area contributed by atoms with Crippen molar-refractivity contribution >= 4 is 35.0 Å². The molecule has 0 unspecified atom stereocenters. The standard InChI is InChI=1S/C28H34O2S2/c1-5-9-21-13-19(14-22(31-21)10-6-2)17-25-27(29)26(28(25)30)18-20-15-23(11-7-3)32-24(16-20)12-8-4/h13-18H,5-12H2,1-4H3. The number of Topliss-reactive ketones (excluding diaryl/α,β-unsaturated/α-hetero) is 1. The van der Waals surface area contributed by atoms with E-state index in [2.05, 4.69) is 52.0 Å². The first-order chi connectivity index (χ1) is 15.5. The van der Waals surface area contributed by atoms with Crippen molar-refractivity contribution in [2.24, 2.45) is 0 Å². The molecule has 0 radical (unpaired) electrons. The van der Waals surface area contributed by atoms with Gasteiger partial charge in [-0.15, -0.1) is 0 Å². The number of thioether (sulfide) groups is 1. The van der Waals surface area contributed by atoms with Crippen LogP contribution in [0.3, 0.4) is 0 Å². The van der Waals surface area contributed by atoms with Gasteiger partial charge in [-0.2, -0.15) is 0 Å². The highest BCUT2D eigenvalue weighted by atomic mass is 32.2. The van der Waals surface area contributed by atoms with Gasteiger partial charge in [-0.1, -0.05) is 58.1 Å². The first-order valence-corrected chi connectivity index (χ1v) is 13.6. The Morgan fingerprint density at radius 3 is 1.84 bits per heavy atom. The summed E-state index contributed by atoms with van der Waals surface area (Å²) in [4.78, 5) is 18.1. The predicted octanol–water partition coefficient (Wildman–Crippen LogP) is 7.56. The summed E-state index contributed by atoms with van der Waals surface area (Å²) in [6.07, 6.45) is 16.3. The summed E-state index contributed by atoms with van der Waals surface area (Å²) in [7, 11) is 0. The Bertz CT molecular complexity index is 974. The zero-order valence-electron chi connectivity index (χ0n) is 19.8. The summed E-state index contributed by atoms with van der Waals surface area (Å²) < 4.78 is 0. The molecule has 0 N–H and O–H groups in total. The van der Waals surface area contributed by atoms with Crippen molar-refractivity contribution in [2.75, 3.05) is 0 Å². The van der Waals surface area contributed by atoms with Crippen molar-refractivity contribution < 1.29 is 9.90 Å². The van der Waals surface area contributed by atoms with Crippen molar-refractivity contribution in [1.29, 1.82) is 0 Å². The summed E-state index contributed by atoms with van der Waals surface area (Å²) in [5.74, 6) is -0.253. The molecule has 2 aliphatic rings. The van der Waals surface area contributed by atoms with Crippen molar-refractivity contribution in [3.63, 3.8) is 0 Å². The first-order valence-electron chi connectivity index (χ1n) is 11.9. The normalized spacial score (nSPS) is 17.4. The third-order valence-corrected chi connectivity index (χ3v) is 7.76. The van der Waals surface area contributed by atoms with Gasteiger partial charge in [-0.3, -0.25) is 4.79 Å². The quantitative estimate of drug-likeness (QED) is 0.264. The van der Waals surface area contributed by atoms with Gasteiger partial charge in [-0.05, 0) is 70.9 Å². The van der Waals surface area contributed by atoms with Gasteiger partial charge in [0.15, 0.2) is 5.78 Å². The van der Waals surface area contributed by atoms with Crippen LogP contribution in [-0.4, -0.2) is 5.78 Å². The lowest BCUT2D eigenvalue weighted by atomic mass is 9.85. The van der Waals surface area contributed by atoms with E-state index < -0.39 is 0 Å². The van der Waals surface area contributed by atoms with E-state index in [0.29, 0.717) is 11.1 Å². The van der Waals surface area contributed by atoms with Crippen LogP contribution in [0.4, 0.5) is 0 Å². The molecule has 4 heteroatoms. The Hall–Kier alpha value is -1.91. The molecule has 0 saturated heterocycles. The Morgan fingerprint density at radius 2 is 1.38 bits per heavy atom. The fourth-order valence-corrected chi connectivity index (χ4v) is 6.63. The average Bonchev–Trinajstić information content (AvgIpc) is 2.76.